The Morgan fingerprint density at radius 3 is 2.48 bits per heavy atom. The van der Waals surface area contributed by atoms with E-state index in [4.69, 9.17) is 9.47 Å². The van der Waals surface area contributed by atoms with E-state index in [1.165, 1.54) is 7.11 Å². The van der Waals surface area contributed by atoms with Crippen LogP contribution in [0.4, 0.5) is 4.79 Å². The van der Waals surface area contributed by atoms with E-state index in [-0.39, 0.29) is 18.1 Å². The maximum Gasteiger partial charge on any atom is 0.410 e. The minimum absolute atomic E-state index is 0.109. The van der Waals surface area contributed by atoms with Crippen molar-refractivity contribution in [3.05, 3.63) is 48.0 Å². The van der Waals surface area contributed by atoms with Gasteiger partial charge < -0.3 is 18.9 Å². The highest BCUT2D eigenvalue weighted by molar-refractivity contribution is 6.09. The van der Waals surface area contributed by atoms with E-state index in [0.717, 1.165) is 28.2 Å². The molecule has 1 amide bonds. The molecular formula is C23H26N2O4. The van der Waals surface area contributed by atoms with Crippen molar-refractivity contribution in [3.8, 4) is 0 Å². The Morgan fingerprint density at radius 2 is 1.76 bits per heavy atom. The third-order valence-corrected chi connectivity index (χ3v) is 5.31. The van der Waals surface area contributed by atoms with Gasteiger partial charge in [0.25, 0.3) is 0 Å². The first-order valence-electron chi connectivity index (χ1n) is 9.87. The number of fused-ring (bicyclic) bond motifs is 3. The quantitative estimate of drug-likeness (QED) is 0.588. The van der Waals surface area contributed by atoms with Crippen LogP contribution in [0.2, 0.25) is 0 Å². The lowest BCUT2D eigenvalue weighted by molar-refractivity contribution is 0.0289. The number of hydrogen-bond donors (Lipinski definition) is 0. The van der Waals surface area contributed by atoms with Crippen LogP contribution in [0.3, 0.4) is 0 Å². The van der Waals surface area contributed by atoms with Crippen molar-refractivity contribution in [1.29, 1.82) is 0 Å². The van der Waals surface area contributed by atoms with Crippen LogP contribution in [0.15, 0.2) is 42.5 Å². The van der Waals surface area contributed by atoms with Crippen molar-refractivity contribution in [3.63, 3.8) is 0 Å². The number of para-hydroxylation sites is 1. The predicted molar refractivity (Wildman–Crippen MR) is 112 cm³/mol. The van der Waals surface area contributed by atoms with Crippen LogP contribution in [-0.2, 0) is 9.47 Å². The highest BCUT2D eigenvalue weighted by Gasteiger charge is 2.32. The number of amides is 1. The molecule has 152 valence electrons. The summed E-state index contributed by atoms with van der Waals surface area (Å²) in [6.45, 7) is 6.84. The maximum atomic E-state index is 12.5. The van der Waals surface area contributed by atoms with Crippen molar-refractivity contribution in [1.82, 2.24) is 9.47 Å². The standard InChI is InChI=1S/C23H26N2O4/c1-23(2,3)29-22(27)24-12-11-16(14-24)25-19-8-6-5-7-17(19)18-10-9-15(13-20(18)25)21(26)28-4/h5-10,13,16H,11-12,14H2,1-4H3/t16-/m0/s1. The van der Waals surface area contributed by atoms with Gasteiger partial charge in [-0.3, -0.25) is 0 Å². The largest absolute Gasteiger partial charge is 0.465 e. The SMILES string of the molecule is COC(=O)c1ccc2c3ccccc3n([C@H]3CCN(C(=O)OC(C)(C)C)C3)c2c1. The normalized spacial score (nSPS) is 17.1. The average Bonchev–Trinajstić information content (AvgIpc) is 3.28. The number of esters is 1. The lowest BCUT2D eigenvalue weighted by Gasteiger charge is -2.24. The second-order valence-corrected chi connectivity index (χ2v) is 8.48. The summed E-state index contributed by atoms with van der Waals surface area (Å²) >= 11 is 0. The van der Waals surface area contributed by atoms with Gasteiger partial charge in [-0.25, -0.2) is 9.59 Å². The number of benzene rings is 2. The molecule has 4 rings (SSSR count). The van der Waals surface area contributed by atoms with E-state index in [9.17, 15) is 9.59 Å². The zero-order valence-corrected chi connectivity index (χ0v) is 17.3. The van der Waals surface area contributed by atoms with Gasteiger partial charge in [-0.1, -0.05) is 24.3 Å². The fraction of sp³-hybridized carbons (Fsp3) is 0.391. The molecule has 0 radical (unpaired) electrons. The van der Waals surface area contributed by atoms with Gasteiger partial charge in [0.15, 0.2) is 0 Å². The van der Waals surface area contributed by atoms with Gasteiger partial charge in [0.05, 0.1) is 24.2 Å². The molecule has 0 N–H and O–H groups in total. The Hall–Kier alpha value is -3.02. The summed E-state index contributed by atoms with van der Waals surface area (Å²) in [5.74, 6) is -0.356. The van der Waals surface area contributed by atoms with E-state index in [1.807, 2.05) is 45.0 Å². The van der Waals surface area contributed by atoms with Crippen LogP contribution >= 0.6 is 0 Å². The van der Waals surface area contributed by atoms with Gasteiger partial charge in [0, 0.05) is 29.4 Å². The maximum absolute atomic E-state index is 12.5. The fourth-order valence-corrected chi connectivity index (χ4v) is 4.08. The zero-order valence-electron chi connectivity index (χ0n) is 17.3. The number of ether oxygens (including phenoxy) is 2. The lowest BCUT2D eigenvalue weighted by atomic mass is 10.1. The summed E-state index contributed by atoms with van der Waals surface area (Å²) in [4.78, 5) is 26.4. The number of carbonyl (C=O) groups is 2. The van der Waals surface area contributed by atoms with Crippen LogP contribution in [0.1, 0.15) is 43.6 Å². The Bertz CT molecular complexity index is 1090. The number of hydrogen-bond acceptors (Lipinski definition) is 4. The van der Waals surface area contributed by atoms with E-state index in [1.54, 1.807) is 11.0 Å². The summed E-state index contributed by atoms with van der Waals surface area (Å²) < 4.78 is 12.7. The molecule has 1 saturated heterocycles. The molecule has 1 aliphatic rings. The van der Waals surface area contributed by atoms with Gasteiger partial charge >= 0.3 is 12.1 Å². The van der Waals surface area contributed by atoms with Gasteiger partial charge in [-0.2, -0.15) is 0 Å². The molecule has 1 atom stereocenters. The second kappa shape index (κ2) is 7.10. The number of likely N-dealkylation sites (tertiary alicyclic amines) is 1. The van der Waals surface area contributed by atoms with Crippen molar-refractivity contribution in [2.75, 3.05) is 20.2 Å². The third kappa shape index (κ3) is 3.55. The molecule has 6 nitrogen and oxygen atoms in total. The summed E-state index contributed by atoms with van der Waals surface area (Å²) in [6, 6.07) is 14.0. The minimum atomic E-state index is -0.516. The Balaban J connectivity index is 1.76. The molecule has 0 bridgehead atoms. The van der Waals surface area contributed by atoms with Crippen molar-refractivity contribution < 1.29 is 19.1 Å². The van der Waals surface area contributed by atoms with E-state index >= 15 is 0 Å². The Morgan fingerprint density at radius 1 is 1.03 bits per heavy atom. The van der Waals surface area contributed by atoms with Crippen molar-refractivity contribution in [2.24, 2.45) is 0 Å². The molecule has 29 heavy (non-hydrogen) atoms. The fourth-order valence-electron chi connectivity index (χ4n) is 4.08. The van der Waals surface area contributed by atoms with Crippen LogP contribution < -0.4 is 0 Å². The molecule has 2 aromatic carbocycles. The molecule has 6 heteroatoms. The van der Waals surface area contributed by atoms with Crippen LogP contribution in [0.25, 0.3) is 21.8 Å². The first kappa shape index (κ1) is 19.3. The predicted octanol–water partition coefficient (Wildman–Crippen LogP) is 4.76. The lowest BCUT2D eigenvalue weighted by Crippen LogP contribution is -2.35. The van der Waals surface area contributed by atoms with Crippen LogP contribution in [0.5, 0.6) is 0 Å². The summed E-state index contributed by atoms with van der Waals surface area (Å²) in [6.07, 6.45) is 0.547. The molecule has 2 heterocycles. The third-order valence-electron chi connectivity index (χ3n) is 5.31. The molecule has 0 spiro atoms. The van der Waals surface area contributed by atoms with Gasteiger partial charge in [-0.05, 0) is 45.4 Å². The summed E-state index contributed by atoms with van der Waals surface area (Å²) in [5.41, 5.74) is 2.08. The molecular weight excluding hydrogens is 368 g/mol. The first-order valence-corrected chi connectivity index (χ1v) is 9.87. The number of methoxy groups -OCH3 is 1. The molecule has 0 saturated carbocycles. The van der Waals surface area contributed by atoms with Gasteiger partial charge in [0.2, 0.25) is 0 Å². The van der Waals surface area contributed by atoms with Crippen LogP contribution in [-0.4, -0.2) is 47.3 Å². The second-order valence-electron chi connectivity index (χ2n) is 8.48. The van der Waals surface area contributed by atoms with Crippen LogP contribution in [0, 0.1) is 0 Å². The molecule has 1 fully saturated rings. The summed E-state index contributed by atoms with van der Waals surface area (Å²) in [5, 5.41) is 2.22. The number of aromatic nitrogens is 1. The first-order chi connectivity index (χ1) is 13.8. The van der Waals surface area contributed by atoms with E-state index in [0.29, 0.717) is 18.7 Å². The highest BCUT2D eigenvalue weighted by atomic mass is 16.6. The Labute approximate surface area is 170 Å². The molecule has 0 aliphatic carbocycles. The zero-order chi connectivity index (χ0) is 20.8. The minimum Gasteiger partial charge on any atom is -0.465 e. The molecule has 1 aromatic heterocycles. The smallest absolute Gasteiger partial charge is 0.410 e. The topological polar surface area (TPSA) is 60.8 Å². The van der Waals surface area contributed by atoms with Gasteiger partial charge in [-0.15, -0.1) is 0 Å². The summed E-state index contributed by atoms with van der Waals surface area (Å²) in [7, 11) is 1.39. The van der Waals surface area contributed by atoms with Crippen molar-refractivity contribution >= 4 is 33.9 Å². The monoisotopic (exact) mass is 394 g/mol. The number of nitrogens with zero attached hydrogens (tertiary/aromatic N) is 2. The molecule has 0 unspecified atom stereocenters. The molecule has 1 aliphatic heterocycles. The molecule has 3 aromatic rings. The highest BCUT2D eigenvalue weighted by Crippen LogP contribution is 2.36. The number of carbonyl (C=O) groups excluding carboxylic acids is 2. The van der Waals surface area contributed by atoms with Crippen molar-refractivity contribution in [2.45, 2.75) is 38.8 Å². The number of rotatable bonds is 2. The van der Waals surface area contributed by atoms with E-state index in [2.05, 4.69) is 16.7 Å². The van der Waals surface area contributed by atoms with E-state index < -0.39 is 5.60 Å². The van der Waals surface area contributed by atoms with Gasteiger partial charge in [0.1, 0.15) is 5.60 Å². The average molecular weight is 394 g/mol. The Kier molecular flexibility index (Phi) is 4.73.